The first kappa shape index (κ1) is 18.6. The molecule has 0 unspecified atom stereocenters. The van der Waals surface area contributed by atoms with Gasteiger partial charge in [0.1, 0.15) is 5.69 Å². The van der Waals surface area contributed by atoms with Crippen LogP contribution in [0.25, 0.3) is 54.6 Å². The Kier molecular flexibility index (Phi) is 4.02. The molecule has 0 aliphatic heterocycles. The van der Waals surface area contributed by atoms with Gasteiger partial charge in [0.15, 0.2) is 0 Å². The van der Waals surface area contributed by atoms with Gasteiger partial charge in [-0.1, -0.05) is 66.7 Å². The van der Waals surface area contributed by atoms with Gasteiger partial charge in [0, 0.05) is 28.9 Å². The molecule has 0 amide bonds. The molecule has 2 aromatic heterocycles. The average molecular weight is 416 g/mol. The maximum absolute atomic E-state index is 12.6. The van der Waals surface area contributed by atoms with Crippen molar-refractivity contribution in [2.45, 2.75) is 0 Å². The number of hydrogen-bond acceptors (Lipinski definition) is 3. The molecule has 154 valence electrons. The van der Waals surface area contributed by atoms with Gasteiger partial charge in [-0.15, -0.1) is 0 Å². The van der Waals surface area contributed by atoms with E-state index in [0.29, 0.717) is 5.69 Å². The lowest BCUT2D eigenvalue weighted by Crippen LogP contribution is -2.06. The highest BCUT2D eigenvalue weighted by Gasteiger charge is 2.22. The van der Waals surface area contributed by atoms with Gasteiger partial charge in [-0.25, -0.2) is 9.78 Å². The lowest BCUT2D eigenvalue weighted by atomic mass is 9.93. The van der Waals surface area contributed by atoms with E-state index in [-0.39, 0.29) is 0 Å². The molecule has 0 atom stereocenters. The molecule has 4 nitrogen and oxygen atoms in total. The minimum atomic E-state index is -0.439. The summed E-state index contributed by atoms with van der Waals surface area (Å²) in [6, 6.07) is 29.0. The maximum Gasteiger partial charge on any atom is 0.356 e. The van der Waals surface area contributed by atoms with Gasteiger partial charge in [-0.2, -0.15) is 0 Å². The fourth-order valence-corrected chi connectivity index (χ4v) is 4.85. The molecule has 6 aromatic rings. The molecule has 0 aliphatic rings. The summed E-state index contributed by atoms with van der Waals surface area (Å²) < 4.78 is 7.23. The Labute approximate surface area is 184 Å². The number of aromatic nitrogens is 2. The van der Waals surface area contributed by atoms with E-state index in [4.69, 9.17) is 9.72 Å². The topological polar surface area (TPSA) is 44.1 Å². The van der Waals surface area contributed by atoms with Crippen molar-refractivity contribution in [3.8, 4) is 11.3 Å². The molecule has 4 heteroatoms. The second-order valence-corrected chi connectivity index (χ2v) is 8.01. The van der Waals surface area contributed by atoms with E-state index in [0.717, 1.165) is 54.6 Å². The Balaban J connectivity index is 1.89. The number of hydrogen-bond donors (Lipinski definition) is 0. The summed E-state index contributed by atoms with van der Waals surface area (Å²) in [4.78, 5) is 17.5. The lowest BCUT2D eigenvalue weighted by Gasteiger charge is -2.14. The van der Waals surface area contributed by atoms with Crippen LogP contribution in [0.2, 0.25) is 0 Å². The van der Waals surface area contributed by atoms with Gasteiger partial charge in [0.2, 0.25) is 0 Å². The van der Waals surface area contributed by atoms with E-state index in [1.165, 1.54) is 7.11 Å². The number of benzene rings is 4. The van der Waals surface area contributed by atoms with E-state index in [2.05, 4.69) is 54.1 Å². The normalized spacial score (nSPS) is 11.6. The second kappa shape index (κ2) is 6.92. The van der Waals surface area contributed by atoms with Crippen molar-refractivity contribution in [3.63, 3.8) is 0 Å². The van der Waals surface area contributed by atoms with Crippen molar-refractivity contribution in [1.82, 2.24) is 9.55 Å². The number of carbonyl (C=O) groups is 1. The molecule has 0 saturated carbocycles. The zero-order chi connectivity index (χ0) is 21.8. The molecular weight excluding hydrogens is 396 g/mol. The molecule has 0 N–H and O–H groups in total. The molecular formula is C28H20N2O2. The fourth-order valence-electron chi connectivity index (χ4n) is 4.85. The third-order valence-corrected chi connectivity index (χ3v) is 6.29. The smallest absolute Gasteiger partial charge is 0.356 e. The summed E-state index contributed by atoms with van der Waals surface area (Å²) in [6.45, 7) is 0. The first-order chi connectivity index (χ1) is 15.7. The highest BCUT2D eigenvalue weighted by molar-refractivity contribution is 6.20. The van der Waals surface area contributed by atoms with Crippen LogP contribution in [0.3, 0.4) is 0 Å². The van der Waals surface area contributed by atoms with Gasteiger partial charge in [-0.3, -0.25) is 0 Å². The van der Waals surface area contributed by atoms with E-state index in [9.17, 15) is 4.79 Å². The number of rotatable bonds is 2. The highest BCUT2D eigenvalue weighted by Crippen LogP contribution is 2.41. The van der Waals surface area contributed by atoms with Crippen LogP contribution in [0.5, 0.6) is 0 Å². The molecule has 0 bridgehead atoms. The Morgan fingerprint density at radius 1 is 0.781 bits per heavy atom. The Bertz CT molecular complexity index is 1640. The Morgan fingerprint density at radius 3 is 2.03 bits per heavy atom. The monoisotopic (exact) mass is 416 g/mol. The number of aryl methyl sites for hydroxylation is 1. The van der Waals surface area contributed by atoms with E-state index in [1.807, 2.05) is 42.5 Å². The molecule has 6 rings (SSSR count). The number of carbonyl (C=O) groups excluding carboxylic acids is 1. The van der Waals surface area contributed by atoms with Crippen molar-refractivity contribution in [2.24, 2.45) is 7.05 Å². The summed E-state index contributed by atoms with van der Waals surface area (Å²) in [7, 11) is 3.45. The van der Waals surface area contributed by atoms with Crippen molar-refractivity contribution < 1.29 is 9.53 Å². The number of fused-ring (bicyclic) bond motifs is 5. The summed E-state index contributed by atoms with van der Waals surface area (Å²) >= 11 is 0. The van der Waals surface area contributed by atoms with Crippen LogP contribution < -0.4 is 0 Å². The first-order valence-corrected chi connectivity index (χ1v) is 10.5. The van der Waals surface area contributed by atoms with Gasteiger partial charge in [0.05, 0.1) is 18.3 Å². The number of methoxy groups -OCH3 is 1. The van der Waals surface area contributed by atoms with Crippen LogP contribution in [0.1, 0.15) is 10.5 Å². The van der Waals surface area contributed by atoms with Crippen molar-refractivity contribution in [1.29, 1.82) is 0 Å². The predicted octanol–water partition coefficient (Wildman–Crippen LogP) is 6.49. The van der Waals surface area contributed by atoms with Crippen molar-refractivity contribution >= 4 is 49.3 Å². The molecule has 0 radical (unpaired) electrons. The minimum absolute atomic E-state index is 0.309. The van der Waals surface area contributed by atoms with Gasteiger partial charge in [-0.05, 0) is 39.7 Å². The Morgan fingerprint density at radius 2 is 1.38 bits per heavy atom. The number of ether oxygens (including phenoxy) is 1. The predicted molar refractivity (Wildman–Crippen MR) is 130 cm³/mol. The summed E-state index contributed by atoms with van der Waals surface area (Å²) in [6.07, 6.45) is 0. The maximum atomic E-state index is 12.6. The first-order valence-electron chi connectivity index (χ1n) is 10.5. The van der Waals surface area contributed by atoms with Crippen LogP contribution in [-0.4, -0.2) is 22.6 Å². The van der Waals surface area contributed by atoms with Gasteiger partial charge < -0.3 is 9.30 Å². The molecule has 32 heavy (non-hydrogen) atoms. The molecule has 0 spiro atoms. The number of nitrogens with zero attached hydrogens (tertiary/aromatic N) is 2. The summed E-state index contributed by atoms with van der Waals surface area (Å²) in [5.41, 5.74) is 4.22. The van der Waals surface area contributed by atoms with Crippen LogP contribution in [0.15, 0.2) is 84.9 Å². The molecule has 0 fully saturated rings. The zero-order valence-electron chi connectivity index (χ0n) is 17.8. The van der Waals surface area contributed by atoms with E-state index in [1.54, 1.807) is 0 Å². The summed E-state index contributed by atoms with van der Waals surface area (Å²) in [5, 5.41) is 6.56. The number of para-hydroxylation sites is 1. The minimum Gasteiger partial charge on any atom is -0.464 e. The van der Waals surface area contributed by atoms with Crippen molar-refractivity contribution in [3.05, 3.63) is 90.6 Å². The third kappa shape index (κ3) is 2.56. The second-order valence-electron chi connectivity index (χ2n) is 8.01. The average Bonchev–Trinajstić information content (AvgIpc) is 3.13. The number of esters is 1. The molecule has 4 aromatic carbocycles. The van der Waals surface area contributed by atoms with E-state index >= 15 is 0 Å². The number of pyridine rings is 1. The molecule has 2 heterocycles. The lowest BCUT2D eigenvalue weighted by molar-refractivity contribution is 0.0594. The van der Waals surface area contributed by atoms with Crippen molar-refractivity contribution in [2.75, 3.05) is 7.11 Å². The quantitative estimate of drug-likeness (QED) is 0.239. The highest BCUT2D eigenvalue weighted by atomic mass is 16.5. The standard InChI is InChI=1S/C28H20N2O2/c1-30-24-14-8-7-13-21(24)22-16-23(28(31)32-2)29-26(27(22)30)25-19-11-5-3-9-17(19)15-18-10-4-6-12-20(18)25/h3-16H,1-2H3. The molecule has 0 saturated heterocycles. The van der Waals surface area contributed by atoms with Gasteiger partial charge >= 0.3 is 5.97 Å². The van der Waals surface area contributed by atoms with Crippen LogP contribution >= 0.6 is 0 Å². The SMILES string of the molecule is COC(=O)c1cc2c3ccccc3n(C)c2c(-c2c3ccccc3cc3ccccc23)n1. The zero-order valence-corrected chi connectivity index (χ0v) is 17.8. The fraction of sp³-hybridized carbons (Fsp3) is 0.0714. The van der Waals surface area contributed by atoms with Gasteiger partial charge in [0.25, 0.3) is 0 Å². The largest absolute Gasteiger partial charge is 0.464 e. The van der Waals surface area contributed by atoms with Crippen LogP contribution in [0, 0.1) is 0 Å². The molecule has 0 aliphatic carbocycles. The summed E-state index contributed by atoms with van der Waals surface area (Å²) in [5.74, 6) is -0.439. The van der Waals surface area contributed by atoms with Crippen LogP contribution in [0.4, 0.5) is 0 Å². The third-order valence-electron chi connectivity index (χ3n) is 6.29. The van der Waals surface area contributed by atoms with E-state index < -0.39 is 5.97 Å². The van der Waals surface area contributed by atoms with Crippen LogP contribution in [-0.2, 0) is 11.8 Å². The Hall–Kier alpha value is -4.18.